The van der Waals surface area contributed by atoms with E-state index >= 15 is 0 Å². The lowest BCUT2D eigenvalue weighted by Crippen LogP contribution is -2.33. The molecular weight excluding hydrogens is 390 g/mol. The molecule has 1 aromatic rings. The summed E-state index contributed by atoms with van der Waals surface area (Å²) in [4.78, 5) is 15.2. The maximum Gasteiger partial charge on any atom is 0.240 e. The van der Waals surface area contributed by atoms with Crippen LogP contribution < -0.4 is 9.47 Å². The van der Waals surface area contributed by atoms with Gasteiger partial charge in [-0.15, -0.1) is 0 Å². The second-order valence-corrected chi connectivity index (χ2v) is 7.88. The predicted octanol–water partition coefficient (Wildman–Crippen LogP) is 3.43. The summed E-state index contributed by atoms with van der Waals surface area (Å²) in [5.74, 6) is 0.679. The van der Waals surface area contributed by atoms with Crippen LogP contribution in [0.25, 0.3) is 5.57 Å². The molecule has 0 radical (unpaired) electrons. The van der Waals surface area contributed by atoms with E-state index in [1.807, 2.05) is 12.1 Å². The lowest BCUT2D eigenvalue weighted by atomic mass is 9.85. The molecule has 2 saturated heterocycles. The highest BCUT2D eigenvalue weighted by Gasteiger charge is 2.41. The highest BCUT2D eigenvalue weighted by Crippen LogP contribution is 2.46. The molecule has 4 aliphatic rings. The SMILES string of the molecule is O=C=NC1=C(c2cc3c(cc2COC2CCCCO2)OCO3)CCC2(C1)OCCO2. The summed E-state index contributed by atoms with van der Waals surface area (Å²) in [6, 6.07) is 3.90. The van der Waals surface area contributed by atoms with Crippen molar-refractivity contribution in [1.82, 2.24) is 0 Å². The summed E-state index contributed by atoms with van der Waals surface area (Å²) >= 11 is 0. The number of rotatable bonds is 5. The Morgan fingerprint density at radius 3 is 2.73 bits per heavy atom. The molecule has 3 heterocycles. The Labute approximate surface area is 174 Å². The Bertz CT molecular complexity index is 878. The second kappa shape index (κ2) is 8.49. The Hall–Kier alpha value is -2.22. The molecule has 0 N–H and O–H groups in total. The van der Waals surface area contributed by atoms with E-state index in [0.717, 1.165) is 42.6 Å². The maximum absolute atomic E-state index is 11.2. The predicted molar refractivity (Wildman–Crippen MR) is 104 cm³/mol. The summed E-state index contributed by atoms with van der Waals surface area (Å²) < 4.78 is 34.6. The molecule has 30 heavy (non-hydrogen) atoms. The third-order valence-corrected chi connectivity index (χ3v) is 6.02. The molecule has 1 aromatic carbocycles. The number of hydrogen-bond acceptors (Lipinski definition) is 8. The summed E-state index contributed by atoms with van der Waals surface area (Å²) in [6.07, 6.45) is 6.33. The topological polar surface area (TPSA) is 84.8 Å². The van der Waals surface area contributed by atoms with Gasteiger partial charge in [-0.2, -0.15) is 4.99 Å². The van der Waals surface area contributed by atoms with Gasteiger partial charge >= 0.3 is 0 Å². The van der Waals surface area contributed by atoms with Crippen molar-refractivity contribution in [3.05, 3.63) is 29.0 Å². The second-order valence-electron chi connectivity index (χ2n) is 7.88. The van der Waals surface area contributed by atoms with E-state index in [1.54, 1.807) is 6.08 Å². The fraction of sp³-hybridized carbons (Fsp3) is 0.591. The van der Waals surface area contributed by atoms with Gasteiger partial charge in [-0.05, 0) is 54.5 Å². The van der Waals surface area contributed by atoms with Crippen LogP contribution in [0.1, 0.15) is 49.7 Å². The largest absolute Gasteiger partial charge is 0.454 e. The number of isocyanates is 1. The zero-order valence-corrected chi connectivity index (χ0v) is 16.8. The van der Waals surface area contributed by atoms with Crippen molar-refractivity contribution in [2.24, 2.45) is 4.99 Å². The molecule has 0 bridgehead atoms. The van der Waals surface area contributed by atoms with Gasteiger partial charge in [-0.25, -0.2) is 4.79 Å². The van der Waals surface area contributed by atoms with Crippen LogP contribution >= 0.6 is 0 Å². The first-order valence-electron chi connectivity index (χ1n) is 10.5. The quantitative estimate of drug-likeness (QED) is 0.538. The molecule has 0 saturated carbocycles. The molecule has 5 rings (SSSR count). The van der Waals surface area contributed by atoms with Crippen LogP contribution in [0.15, 0.2) is 22.8 Å². The molecule has 1 atom stereocenters. The van der Waals surface area contributed by atoms with E-state index in [0.29, 0.717) is 56.3 Å². The highest BCUT2D eigenvalue weighted by atomic mass is 16.7. The number of hydrogen-bond donors (Lipinski definition) is 0. The molecule has 160 valence electrons. The van der Waals surface area contributed by atoms with E-state index in [9.17, 15) is 4.79 Å². The van der Waals surface area contributed by atoms with E-state index in [4.69, 9.17) is 28.4 Å². The third-order valence-electron chi connectivity index (χ3n) is 6.02. The van der Waals surface area contributed by atoms with Crippen molar-refractivity contribution in [2.45, 2.75) is 57.2 Å². The normalized spacial score (nSPS) is 24.9. The van der Waals surface area contributed by atoms with Crippen molar-refractivity contribution >= 4 is 11.7 Å². The van der Waals surface area contributed by atoms with Crippen LogP contribution in [-0.4, -0.2) is 44.8 Å². The zero-order valence-electron chi connectivity index (χ0n) is 16.8. The number of nitrogens with zero attached hydrogens (tertiary/aromatic N) is 1. The number of ether oxygens (including phenoxy) is 6. The van der Waals surface area contributed by atoms with Crippen molar-refractivity contribution < 1.29 is 33.2 Å². The van der Waals surface area contributed by atoms with Gasteiger partial charge in [0.25, 0.3) is 0 Å². The number of carbonyl (C=O) groups excluding carboxylic acids is 1. The Kier molecular flexibility index (Phi) is 5.58. The van der Waals surface area contributed by atoms with Gasteiger partial charge in [0.1, 0.15) is 0 Å². The van der Waals surface area contributed by atoms with Crippen molar-refractivity contribution in [1.29, 1.82) is 0 Å². The van der Waals surface area contributed by atoms with Gasteiger partial charge in [0.2, 0.25) is 12.9 Å². The molecular formula is C22H25NO7. The lowest BCUT2D eigenvalue weighted by Gasteiger charge is -2.33. The summed E-state index contributed by atoms with van der Waals surface area (Å²) in [7, 11) is 0. The fourth-order valence-electron chi connectivity index (χ4n) is 4.52. The van der Waals surface area contributed by atoms with Crippen LogP contribution in [0.2, 0.25) is 0 Å². The highest BCUT2D eigenvalue weighted by molar-refractivity contribution is 5.75. The standard InChI is InChI=1S/C22H25NO7/c24-13-23-18-11-22(29-7-8-30-22)5-4-16(18)17-10-20-19(27-14-28-20)9-15(17)12-26-21-3-1-2-6-25-21/h9-10,21H,1-8,11-12,14H2. The van der Waals surface area contributed by atoms with Crippen LogP contribution in [0, 0.1) is 0 Å². The van der Waals surface area contributed by atoms with E-state index in [-0.39, 0.29) is 13.1 Å². The van der Waals surface area contributed by atoms with Crippen LogP contribution in [-0.2, 0) is 30.3 Å². The Morgan fingerprint density at radius 1 is 1.13 bits per heavy atom. The van der Waals surface area contributed by atoms with Gasteiger partial charge in [-0.3, -0.25) is 0 Å². The number of allylic oxidation sites excluding steroid dienone is 1. The average Bonchev–Trinajstić information content (AvgIpc) is 3.42. The van der Waals surface area contributed by atoms with Gasteiger partial charge < -0.3 is 28.4 Å². The summed E-state index contributed by atoms with van der Waals surface area (Å²) in [5.41, 5.74) is 3.49. The first kappa shape index (κ1) is 19.7. The molecule has 8 heteroatoms. The summed E-state index contributed by atoms with van der Waals surface area (Å²) in [6.45, 7) is 2.39. The summed E-state index contributed by atoms with van der Waals surface area (Å²) in [5, 5.41) is 0. The molecule has 1 spiro atoms. The monoisotopic (exact) mass is 415 g/mol. The van der Waals surface area contributed by atoms with E-state index < -0.39 is 5.79 Å². The first-order valence-corrected chi connectivity index (χ1v) is 10.5. The van der Waals surface area contributed by atoms with Crippen LogP contribution in [0.4, 0.5) is 0 Å². The average molecular weight is 415 g/mol. The van der Waals surface area contributed by atoms with Gasteiger partial charge in [-0.1, -0.05) is 0 Å². The minimum Gasteiger partial charge on any atom is -0.454 e. The van der Waals surface area contributed by atoms with E-state index in [1.165, 1.54) is 0 Å². The van der Waals surface area contributed by atoms with Crippen LogP contribution in [0.3, 0.4) is 0 Å². The van der Waals surface area contributed by atoms with Crippen LogP contribution in [0.5, 0.6) is 11.5 Å². The minimum absolute atomic E-state index is 0.188. The van der Waals surface area contributed by atoms with E-state index in [2.05, 4.69) is 4.99 Å². The van der Waals surface area contributed by atoms with Crippen molar-refractivity contribution in [3.8, 4) is 11.5 Å². The molecule has 2 fully saturated rings. The minimum atomic E-state index is -0.692. The first-order chi connectivity index (χ1) is 14.8. The molecule has 3 aliphatic heterocycles. The Morgan fingerprint density at radius 2 is 1.97 bits per heavy atom. The maximum atomic E-state index is 11.2. The van der Waals surface area contributed by atoms with Crippen molar-refractivity contribution in [2.75, 3.05) is 26.6 Å². The van der Waals surface area contributed by atoms with Gasteiger partial charge in [0, 0.05) is 19.4 Å². The molecule has 1 aliphatic carbocycles. The van der Waals surface area contributed by atoms with Gasteiger partial charge in [0.15, 0.2) is 23.6 Å². The third kappa shape index (κ3) is 3.89. The fourth-order valence-corrected chi connectivity index (χ4v) is 4.52. The molecule has 8 nitrogen and oxygen atoms in total. The zero-order chi connectivity index (χ0) is 20.4. The number of aliphatic imine (C=N–C) groups is 1. The van der Waals surface area contributed by atoms with Crippen molar-refractivity contribution in [3.63, 3.8) is 0 Å². The number of fused-ring (bicyclic) bond motifs is 1. The molecule has 0 aromatic heterocycles. The van der Waals surface area contributed by atoms with Gasteiger partial charge in [0.05, 0.1) is 25.5 Å². The molecule has 0 amide bonds. The Balaban J connectivity index is 1.48. The number of benzene rings is 1. The smallest absolute Gasteiger partial charge is 0.240 e. The lowest BCUT2D eigenvalue weighted by molar-refractivity contribution is -0.169. The molecule has 1 unspecified atom stereocenters.